The molecule has 0 radical (unpaired) electrons. The molecule has 0 fully saturated rings. The van der Waals surface area contributed by atoms with Crippen molar-refractivity contribution >= 4 is 0 Å². The summed E-state index contributed by atoms with van der Waals surface area (Å²) >= 11 is 0. The Bertz CT molecular complexity index is 235. The minimum atomic E-state index is -0.261. The third-order valence-electron chi connectivity index (χ3n) is 1.48. The number of halogens is 1. The Labute approximate surface area is 71.1 Å². The molecule has 3 heteroatoms. The van der Waals surface area contributed by atoms with E-state index < -0.39 is 0 Å². The lowest BCUT2D eigenvalue weighted by Gasteiger charge is -2.11. The van der Waals surface area contributed by atoms with Gasteiger partial charge in [0.2, 0.25) is 0 Å². The minimum Gasteiger partial charge on any atom is -0.489 e. The Balaban J connectivity index is 2.58. The molecule has 1 atom stereocenters. The van der Waals surface area contributed by atoms with E-state index in [4.69, 9.17) is 10.5 Å². The van der Waals surface area contributed by atoms with Gasteiger partial charge in [-0.1, -0.05) is 0 Å². The van der Waals surface area contributed by atoms with Crippen LogP contribution in [-0.4, -0.2) is 12.6 Å². The lowest BCUT2D eigenvalue weighted by atomic mass is 10.3. The van der Waals surface area contributed by atoms with Crippen molar-refractivity contribution in [1.82, 2.24) is 0 Å². The Morgan fingerprint density at radius 1 is 1.42 bits per heavy atom. The van der Waals surface area contributed by atoms with Crippen LogP contribution in [0.4, 0.5) is 4.39 Å². The maximum Gasteiger partial charge on any atom is 0.123 e. The van der Waals surface area contributed by atoms with Crippen LogP contribution in [0.5, 0.6) is 5.75 Å². The van der Waals surface area contributed by atoms with Crippen LogP contribution in [0.1, 0.15) is 6.92 Å². The molecule has 0 unspecified atom stereocenters. The first kappa shape index (κ1) is 9.00. The van der Waals surface area contributed by atoms with Crippen LogP contribution >= 0.6 is 0 Å². The second kappa shape index (κ2) is 4.07. The molecule has 0 saturated carbocycles. The predicted octanol–water partition coefficient (Wildman–Crippen LogP) is 1.55. The lowest BCUT2D eigenvalue weighted by Crippen LogP contribution is -2.22. The van der Waals surface area contributed by atoms with Gasteiger partial charge in [0.05, 0.1) is 0 Å². The van der Waals surface area contributed by atoms with Crippen molar-refractivity contribution in [3.8, 4) is 5.75 Å². The summed E-state index contributed by atoms with van der Waals surface area (Å²) in [5.74, 6) is 0.386. The third kappa shape index (κ3) is 2.51. The fourth-order valence-electron chi connectivity index (χ4n) is 0.794. The topological polar surface area (TPSA) is 35.2 Å². The maximum absolute atomic E-state index is 12.4. The van der Waals surface area contributed by atoms with Gasteiger partial charge in [0.15, 0.2) is 0 Å². The van der Waals surface area contributed by atoms with Gasteiger partial charge in [-0.15, -0.1) is 0 Å². The van der Waals surface area contributed by atoms with Gasteiger partial charge in [0, 0.05) is 6.54 Å². The van der Waals surface area contributed by atoms with Gasteiger partial charge >= 0.3 is 0 Å². The van der Waals surface area contributed by atoms with Crippen LogP contribution < -0.4 is 10.5 Å². The molecule has 0 aliphatic heterocycles. The van der Waals surface area contributed by atoms with E-state index in [1.54, 1.807) is 12.1 Å². The smallest absolute Gasteiger partial charge is 0.123 e. The van der Waals surface area contributed by atoms with Gasteiger partial charge in [-0.05, 0) is 31.2 Å². The highest BCUT2D eigenvalue weighted by atomic mass is 19.1. The SMILES string of the molecule is C[C@@H](CN)Oc1ccc(F)cc1. The van der Waals surface area contributed by atoms with Gasteiger partial charge in [0.1, 0.15) is 17.7 Å². The Morgan fingerprint density at radius 3 is 2.50 bits per heavy atom. The first-order chi connectivity index (χ1) is 5.72. The van der Waals surface area contributed by atoms with Gasteiger partial charge in [0.25, 0.3) is 0 Å². The molecule has 2 N–H and O–H groups in total. The number of hydrogen-bond acceptors (Lipinski definition) is 2. The van der Waals surface area contributed by atoms with Crippen molar-refractivity contribution in [2.24, 2.45) is 5.73 Å². The van der Waals surface area contributed by atoms with Crippen LogP contribution in [0.3, 0.4) is 0 Å². The summed E-state index contributed by atoms with van der Waals surface area (Å²) in [6.07, 6.45) is -0.0320. The van der Waals surface area contributed by atoms with Crippen LogP contribution in [0, 0.1) is 5.82 Å². The summed E-state index contributed by atoms with van der Waals surface area (Å²) < 4.78 is 17.8. The molecule has 0 heterocycles. The van der Waals surface area contributed by atoms with Crippen LogP contribution in [0.15, 0.2) is 24.3 Å². The highest BCUT2D eigenvalue weighted by Gasteiger charge is 2.00. The van der Waals surface area contributed by atoms with Gasteiger partial charge in [-0.3, -0.25) is 0 Å². The van der Waals surface area contributed by atoms with E-state index in [2.05, 4.69) is 0 Å². The number of nitrogens with two attached hydrogens (primary N) is 1. The first-order valence-electron chi connectivity index (χ1n) is 3.84. The molecule has 0 spiro atoms. The third-order valence-corrected chi connectivity index (χ3v) is 1.48. The number of rotatable bonds is 3. The fraction of sp³-hybridized carbons (Fsp3) is 0.333. The Kier molecular flexibility index (Phi) is 3.05. The summed E-state index contributed by atoms with van der Waals surface area (Å²) in [7, 11) is 0. The first-order valence-corrected chi connectivity index (χ1v) is 3.84. The van der Waals surface area contributed by atoms with E-state index in [-0.39, 0.29) is 11.9 Å². The zero-order valence-electron chi connectivity index (χ0n) is 6.96. The van der Waals surface area contributed by atoms with Crippen molar-refractivity contribution in [2.75, 3.05) is 6.54 Å². The largest absolute Gasteiger partial charge is 0.489 e. The molecule has 2 nitrogen and oxygen atoms in total. The normalized spacial score (nSPS) is 12.6. The maximum atomic E-state index is 12.4. The monoisotopic (exact) mass is 169 g/mol. The van der Waals surface area contributed by atoms with E-state index in [9.17, 15) is 4.39 Å². The molecular formula is C9H12FNO. The van der Waals surface area contributed by atoms with Crippen molar-refractivity contribution in [1.29, 1.82) is 0 Å². The van der Waals surface area contributed by atoms with Crippen molar-refractivity contribution in [2.45, 2.75) is 13.0 Å². The fourth-order valence-corrected chi connectivity index (χ4v) is 0.794. The van der Waals surface area contributed by atoms with Gasteiger partial charge in [-0.25, -0.2) is 4.39 Å². The lowest BCUT2D eigenvalue weighted by molar-refractivity contribution is 0.229. The summed E-state index contributed by atoms with van der Waals surface area (Å²) in [5.41, 5.74) is 5.35. The average Bonchev–Trinajstić information content (AvgIpc) is 2.09. The zero-order chi connectivity index (χ0) is 8.97. The zero-order valence-corrected chi connectivity index (χ0v) is 6.96. The molecule has 0 bridgehead atoms. The standard InChI is InChI=1S/C9H12FNO/c1-7(6-11)12-9-4-2-8(10)3-5-9/h2-5,7H,6,11H2,1H3/t7-/m0/s1. The average molecular weight is 169 g/mol. The van der Waals surface area contributed by atoms with E-state index in [0.717, 1.165) is 0 Å². The van der Waals surface area contributed by atoms with E-state index >= 15 is 0 Å². The number of ether oxygens (including phenoxy) is 1. The van der Waals surface area contributed by atoms with E-state index in [0.29, 0.717) is 12.3 Å². The molecule has 1 rings (SSSR count). The van der Waals surface area contributed by atoms with Crippen molar-refractivity contribution in [3.63, 3.8) is 0 Å². The molecule has 0 saturated heterocycles. The summed E-state index contributed by atoms with van der Waals surface area (Å²) in [4.78, 5) is 0. The number of hydrogen-bond donors (Lipinski definition) is 1. The second-order valence-corrected chi connectivity index (χ2v) is 2.62. The molecule has 0 amide bonds. The second-order valence-electron chi connectivity index (χ2n) is 2.62. The van der Waals surface area contributed by atoms with Gasteiger partial charge in [-0.2, -0.15) is 0 Å². The highest BCUT2D eigenvalue weighted by Crippen LogP contribution is 2.12. The molecule has 1 aromatic carbocycles. The highest BCUT2D eigenvalue weighted by molar-refractivity contribution is 5.22. The molecule has 0 aromatic heterocycles. The summed E-state index contributed by atoms with van der Waals surface area (Å²) in [6.45, 7) is 2.32. The Morgan fingerprint density at radius 2 is 2.00 bits per heavy atom. The minimum absolute atomic E-state index is 0.0320. The van der Waals surface area contributed by atoms with Crippen LogP contribution in [0.25, 0.3) is 0 Å². The predicted molar refractivity (Wildman–Crippen MR) is 45.5 cm³/mol. The van der Waals surface area contributed by atoms with Gasteiger partial charge < -0.3 is 10.5 Å². The van der Waals surface area contributed by atoms with Crippen LogP contribution in [-0.2, 0) is 0 Å². The van der Waals surface area contributed by atoms with Crippen molar-refractivity contribution < 1.29 is 9.13 Å². The molecule has 0 aliphatic carbocycles. The quantitative estimate of drug-likeness (QED) is 0.745. The molecule has 66 valence electrons. The van der Waals surface area contributed by atoms with E-state index in [1.165, 1.54) is 12.1 Å². The summed E-state index contributed by atoms with van der Waals surface area (Å²) in [6, 6.07) is 5.89. The Hall–Kier alpha value is -1.09. The molecular weight excluding hydrogens is 157 g/mol. The van der Waals surface area contributed by atoms with Crippen molar-refractivity contribution in [3.05, 3.63) is 30.1 Å². The number of benzene rings is 1. The van der Waals surface area contributed by atoms with E-state index in [1.807, 2.05) is 6.92 Å². The molecule has 1 aromatic rings. The molecule has 12 heavy (non-hydrogen) atoms. The van der Waals surface area contributed by atoms with Crippen LogP contribution in [0.2, 0.25) is 0 Å². The summed E-state index contributed by atoms with van der Waals surface area (Å²) in [5, 5.41) is 0. The molecule has 0 aliphatic rings.